The summed E-state index contributed by atoms with van der Waals surface area (Å²) in [4.78, 5) is 0. The van der Waals surface area contributed by atoms with Gasteiger partial charge in [-0.25, -0.2) is 0 Å². The van der Waals surface area contributed by atoms with Crippen molar-refractivity contribution in [2.24, 2.45) is 11.7 Å². The van der Waals surface area contributed by atoms with Crippen LogP contribution in [-0.4, -0.2) is 0 Å². The van der Waals surface area contributed by atoms with Crippen molar-refractivity contribution < 1.29 is 0 Å². The maximum Gasteiger partial charge on any atom is 0.0329 e. The van der Waals surface area contributed by atoms with Crippen LogP contribution < -0.4 is 5.73 Å². The van der Waals surface area contributed by atoms with Crippen molar-refractivity contribution in [2.45, 2.75) is 32.2 Å². The summed E-state index contributed by atoms with van der Waals surface area (Å²) < 4.78 is 0. The van der Waals surface area contributed by atoms with Crippen LogP contribution in [0, 0.1) is 12.8 Å². The third-order valence-corrected chi connectivity index (χ3v) is 4.44. The molecule has 2 aromatic rings. The standard InChI is InChI=1S/C18H21N/c1-13-6-2-5-9-17(13)18(19)16-11-10-14-7-3-4-8-15(14)12-16/h2-9,16,18H,10-12,19H2,1H3. The molecular formula is C18H21N. The number of fused-ring (bicyclic) bond motifs is 1. The number of hydrogen-bond acceptors (Lipinski definition) is 1. The van der Waals surface area contributed by atoms with E-state index in [-0.39, 0.29) is 6.04 Å². The zero-order valence-corrected chi connectivity index (χ0v) is 11.5. The molecule has 1 aliphatic rings. The van der Waals surface area contributed by atoms with Gasteiger partial charge in [0.1, 0.15) is 0 Å². The number of benzene rings is 2. The van der Waals surface area contributed by atoms with Crippen molar-refractivity contribution in [3.63, 3.8) is 0 Å². The Balaban J connectivity index is 1.83. The summed E-state index contributed by atoms with van der Waals surface area (Å²) in [6.45, 7) is 2.16. The van der Waals surface area contributed by atoms with Crippen LogP contribution in [0.25, 0.3) is 0 Å². The molecule has 0 heterocycles. The molecule has 2 atom stereocenters. The summed E-state index contributed by atoms with van der Waals surface area (Å²) in [5.74, 6) is 0.566. The van der Waals surface area contributed by atoms with E-state index in [0.717, 1.165) is 6.42 Å². The molecular weight excluding hydrogens is 230 g/mol. The molecule has 2 N–H and O–H groups in total. The first kappa shape index (κ1) is 12.4. The van der Waals surface area contributed by atoms with E-state index in [1.54, 1.807) is 0 Å². The molecule has 0 fully saturated rings. The van der Waals surface area contributed by atoms with Gasteiger partial charge in [-0.3, -0.25) is 0 Å². The molecule has 0 aliphatic heterocycles. The minimum atomic E-state index is 0.162. The fraction of sp³-hybridized carbons (Fsp3) is 0.333. The molecule has 1 nitrogen and oxygen atoms in total. The van der Waals surface area contributed by atoms with Gasteiger partial charge >= 0.3 is 0 Å². The van der Waals surface area contributed by atoms with Gasteiger partial charge in [-0.2, -0.15) is 0 Å². The summed E-state index contributed by atoms with van der Waals surface area (Å²) >= 11 is 0. The minimum absolute atomic E-state index is 0.162. The van der Waals surface area contributed by atoms with Gasteiger partial charge in [0.05, 0.1) is 0 Å². The zero-order chi connectivity index (χ0) is 13.2. The first-order valence-electron chi connectivity index (χ1n) is 7.13. The van der Waals surface area contributed by atoms with Crippen LogP contribution in [0.1, 0.15) is 34.7 Å². The Bertz CT molecular complexity index is 573. The molecule has 2 aromatic carbocycles. The molecule has 0 saturated carbocycles. The Labute approximate surface area is 115 Å². The normalized spacial score (nSPS) is 19.8. The molecule has 98 valence electrons. The van der Waals surface area contributed by atoms with E-state index in [2.05, 4.69) is 55.5 Å². The van der Waals surface area contributed by atoms with Crippen LogP contribution in [-0.2, 0) is 12.8 Å². The third-order valence-electron chi connectivity index (χ3n) is 4.44. The topological polar surface area (TPSA) is 26.0 Å². The Morgan fingerprint density at radius 2 is 1.68 bits per heavy atom. The van der Waals surface area contributed by atoms with Crippen molar-refractivity contribution >= 4 is 0 Å². The molecule has 0 bridgehead atoms. The average molecular weight is 251 g/mol. The van der Waals surface area contributed by atoms with Gasteiger partial charge in [-0.1, -0.05) is 48.5 Å². The number of hydrogen-bond donors (Lipinski definition) is 1. The number of rotatable bonds is 2. The van der Waals surface area contributed by atoms with Gasteiger partial charge in [0.15, 0.2) is 0 Å². The summed E-state index contributed by atoms with van der Waals surface area (Å²) in [6, 6.07) is 17.5. The highest BCUT2D eigenvalue weighted by molar-refractivity contribution is 5.33. The second-order valence-electron chi connectivity index (χ2n) is 5.65. The Morgan fingerprint density at radius 1 is 1.00 bits per heavy atom. The predicted molar refractivity (Wildman–Crippen MR) is 80.1 cm³/mol. The van der Waals surface area contributed by atoms with Crippen LogP contribution >= 0.6 is 0 Å². The summed E-state index contributed by atoms with van der Waals surface area (Å²) in [5.41, 5.74) is 12.2. The molecule has 0 spiro atoms. The molecule has 3 rings (SSSR count). The highest BCUT2D eigenvalue weighted by atomic mass is 14.7. The molecule has 2 unspecified atom stereocenters. The van der Waals surface area contributed by atoms with Gasteiger partial charge < -0.3 is 5.73 Å². The highest BCUT2D eigenvalue weighted by Crippen LogP contribution is 2.33. The lowest BCUT2D eigenvalue weighted by molar-refractivity contribution is 0.381. The van der Waals surface area contributed by atoms with Gasteiger partial charge in [0.25, 0.3) is 0 Å². The first-order chi connectivity index (χ1) is 9.25. The SMILES string of the molecule is Cc1ccccc1C(N)C1CCc2ccccc2C1. The molecule has 0 amide bonds. The van der Waals surface area contributed by atoms with Crippen LogP contribution in [0.15, 0.2) is 48.5 Å². The van der Waals surface area contributed by atoms with E-state index in [0.29, 0.717) is 5.92 Å². The second-order valence-corrected chi connectivity index (χ2v) is 5.65. The van der Waals surface area contributed by atoms with Crippen molar-refractivity contribution in [3.8, 4) is 0 Å². The van der Waals surface area contributed by atoms with Gasteiger partial charge in [0, 0.05) is 6.04 Å². The number of nitrogens with two attached hydrogens (primary N) is 1. The van der Waals surface area contributed by atoms with E-state index in [9.17, 15) is 0 Å². The van der Waals surface area contributed by atoms with Gasteiger partial charge in [-0.05, 0) is 54.4 Å². The lowest BCUT2D eigenvalue weighted by Crippen LogP contribution is -2.27. The van der Waals surface area contributed by atoms with Crippen molar-refractivity contribution in [1.29, 1.82) is 0 Å². The van der Waals surface area contributed by atoms with Crippen LogP contribution in [0.4, 0.5) is 0 Å². The molecule has 0 radical (unpaired) electrons. The molecule has 19 heavy (non-hydrogen) atoms. The first-order valence-corrected chi connectivity index (χ1v) is 7.13. The van der Waals surface area contributed by atoms with E-state index < -0.39 is 0 Å². The molecule has 1 heteroatoms. The van der Waals surface area contributed by atoms with Gasteiger partial charge in [0.2, 0.25) is 0 Å². The van der Waals surface area contributed by atoms with E-state index in [4.69, 9.17) is 5.73 Å². The fourth-order valence-electron chi connectivity index (χ4n) is 3.25. The monoisotopic (exact) mass is 251 g/mol. The molecule has 1 aliphatic carbocycles. The maximum atomic E-state index is 6.53. The lowest BCUT2D eigenvalue weighted by atomic mass is 9.78. The predicted octanol–water partition coefficient (Wildman–Crippen LogP) is 3.80. The quantitative estimate of drug-likeness (QED) is 0.863. The molecule has 0 aromatic heterocycles. The Kier molecular flexibility index (Phi) is 3.39. The highest BCUT2D eigenvalue weighted by Gasteiger charge is 2.25. The smallest absolute Gasteiger partial charge is 0.0329 e. The van der Waals surface area contributed by atoms with Crippen molar-refractivity contribution in [3.05, 3.63) is 70.8 Å². The van der Waals surface area contributed by atoms with E-state index >= 15 is 0 Å². The minimum Gasteiger partial charge on any atom is -0.324 e. The average Bonchev–Trinajstić information content (AvgIpc) is 2.46. The maximum absolute atomic E-state index is 6.53. The van der Waals surface area contributed by atoms with Crippen LogP contribution in [0.5, 0.6) is 0 Å². The van der Waals surface area contributed by atoms with E-state index in [1.807, 2.05) is 0 Å². The fourth-order valence-corrected chi connectivity index (χ4v) is 3.25. The zero-order valence-electron chi connectivity index (χ0n) is 11.5. The Morgan fingerprint density at radius 3 is 2.47 bits per heavy atom. The third kappa shape index (κ3) is 2.43. The number of aryl methyl sites for hydroxylation is 2. The lowest BCUT2D eigenvalue weighted by Gasteiger charge is -2.30. The van der Waals surface area contributed by atoms with Crippen LogP contribution in [0.2, 0.25) is 0 Å². The largest absolute Gasteiger partial charge is 0.324 e. The Hall–Kier alpha value is -1.60. The van der Waals surface area contributed by atoms with Crippen LogP contribution in [0.3, 0.4) is 0 Å². The summed E-state index contributed by atoms with van der Waals surface area (Å²) in [5, 5.41) is 0. The van der Waals surface area contributed by atoms with E-state index in [1.165, 1.54) is 35.1 Å². The van der Waals surface area contributed by atoms with Crippen molar-refractivity contribution in [1.82, 2.24) is 0 Å². The van der Waals surface area contributed by atoms with Crippen molar-refractivity contribution in [2.75, 3.05) is 0 Å². The molecule has 0 saturated heterocycles. The summed E-state index contributed by atoms with van der Waals surface area (Å²) in [6.07, 6.45) is 3.48. The summed E-state index contributed by atoms with van der Waals surface area (Å²) in [7, 11) is 0. The van der Waals surface area contributed by atoms with Gasteiger partial charge in [-0.15, -0.1) is 0 Å². The second kappa shape index (κ2) is 5.18.